The number of benzene rings is 1. The van der Waals surface area contributed by atoms with Gasteiger partial charge in [0.05, 0.1) is 35.0 Å². The maximum Gasteiger partial charge on any atom is 0.416 e. The van der Waals surface area contributed by atoms with Crippen molar-refractivity contribution >= 4 is 26.6 Å². The van der Waals surface area contributed by atoms with Gasteiger partial charge in [0.25, 0.3) is 5.56 Å². The van der Waals surface area contributed by atoms with Crippen LogP contribution in [0.5, 0.6) is 0 Å². The van der Waals surface area contributed by atoms with Crippen LogP contribution in [-0.2, 0) is 23.1 Å². The Labute approximate surface area is 163 Å². The van der Waals surface area contributed by atoms with Gasteiger partial charge in [-0.05, 0) is 17.7 Å². The molecule has 1 saturated heterocycles. The minimum atomic E-state index is -4.45. The number of alkyl halides is 3. The van der Waals surface area contributed by atoms with E-state index in [9.17, 15) is 26.4 Å². The Bertz CT molecular complexity index is 1260. The molecule has 0 atom stereocenters. The third-order valence-corrected chi connectivity index (χ3v) is 6.54. The van der Waals surface area contributed by atoms with Gasteiger partial charge in [0, 0.05) is 18.8 Å². The Morgan fingerprint density at radius 2 is 1.79 bits per heavy atom. The first-order valence-corrected chi connectivity index (χ1v) is 10.4. The van der Waals surface area contributed by atoms with Crippen LogP contribution < -0.4 is 10.9 Å². The van der Waals surface area contributed by atoms with E-state index >= 15 is 0 Å². The summed E-state index contributed by atoms with van der Waals surface area (Å²) in [6.45, 7) is 0. The van der Waals surface area contributed by atoms with Crippen molar-refractivity contribution in [1.29, 1.82) is 0 Å². The molecule has 11 heteroatoms. The van der Waals surface area contributed by atoms with Crippen molar-refractivity contribution in [3.8, 4) is 11.1 Å². The van der Waals surface area contributed by atoms with Gasteiger partial charge in [-0.3, -0.25) is 4.79 Å². The molecule has 0 radical (unpaired) electrons. The molecule has 4 rings (SSSR count). The molecule has 1 aliphatic heterocycles. The Hall–Kier alpha value is -2.95. The topological polar surface area (TPSA) is 93.9 Å². The van der Waals surface area contributed by atoms with Crippen molar-refractivity contribution in [2.75, 3.05) is 16.8 Å². The normalized spacial score (nSPS) is 16.6. The SMILES string of the molecule is Cn1cnc2c(-c3ccc(C(F)(F)F)cc3)cnc(NC3CS(=O)(=O)C3)c2c1=O. The number of halogens is 3. The van der Waals surface area contributed by atoms with Gasteiger partial charge in [0.15, 0.2) is 9.84 Å². The zero-order valence-electron chi connectivity index (χ0n) is 15.1. The molecule has 1 aliphatic rings. The molecule has 29 heavy (non-hydrogen) atoms. The van der Waals surface area contributed by atoms with Crippen molar-refractivity contribution in [3.05, 3.63) is 52.7 Å². The lowest BCUT2D eigenvalue weighted by Crippen LogP contribution is -2.46. The van der Waals surface area contributed by atoms with Crippen LogP contribution in [0.1, 0.15) is 5.56 Å². The van der Waals surface area contributed by atoms with Gasteiger partial charge >= 0.3 is 6.18 Å². The average molecular weight is 424 g/mol. The van der Waals surface area contributed by atoms with Crippen LogP contribution in [0.15, 0.2) is 41.6 Å². The largest absolute Gasteiger partial charge is 0.416 e. The molecule has 152 valence electrons. The summed E-state index contributed by atoms with van der Waals surface area (Å²) in [4.78, 5) is 21.2. The molecule has 0 saturated carbocycles. The highest BCUT2D eigenvalue weighted by Crippen LogP contribution is 2.33. The molecule has 2 aromatic heterocycles. The summed E-state index contributed by atoms with van der Waals surface area (Å²) in [7, 11) is -1.56. The highest BCUT2D eigenvalue weighted by Gasteiger charge is 2.34. The highest BCUT2D eigenvalue weighted by molar-refractivity contribution is 7.92. The summed E-state index contributed by atoms with van der Waals surface area (Å²) in [5.41, 5.74) is -0.0902. The van der Waals surface area contributed by atoms with Gasteiger partial charge in [0.2, 0.25) is 0 Å². The molecular formula is C18H15F3N4O3S. The van der Waals surface area contributed by atoms with E-state index in [1.165, 1.54) is 36.3 Å². The Balaban J connectivity index is 1.82. The number of rotatable bonds is 3. The van der Waals surface area contributed by atoms with E-state index in [2.05, 4.69) is 15.3 Å². The average Bonchev–Trinajstić information content (AvgIpc) is 2.62. The van der Waals surface area contributed by atoms with Gasteiger partial charge in [-0.2, -0.15) is 13.2 Å². The first-order valence-electron chi connectivity index (χ1n) is 8.54. The van der Waals surface area contributed by atoms with Crippen molar-refractivity contribution < 1.29 is 21.6 Å². The quantitative estimate of drug-likeness (QED) is 0.693. The van der Waals surface area contributed by atoms with E-state index in [1.807, 2.05) is 0 Å². The number of aryl methyl sites for hydroxylation is 1. The molecule has 1 N–H and O–H groups in total. The predicted molar refractivity (Wildman–Crippen MR) is 101 cm³/mol. The smallest absolute Gasteiger partial charge is 0.365 e. The second-order valence-electron chi connectivity index (χ2n) is 6.90. The maximum absolute atomic E-state index is 12.8. The van der Waals surface area contributed by atoms with Gasteiger partial charge in [0.1, 0.15) is 11.2 Å². The standard InChI is InChI=1S/C18H15F3N4O3S/c1-25-9-23-15-13(10-2-4-11(5-3-10)18(19,20)21)6-22-16(14(15)17(25)26)24-12-7-29(27,28)8-12/h2-6,9,12H,7-8H2,1H3,(H,22,24). The summed E-state index contributed by atoms with van der Waals surface area (Å²) >= 11 is 0. The molecule has 0 bridgehead atoms. The summed E-state index contributed by atoms with van der Waals surface area (Å²) in [5.74, 6) is 0.0821. The molecule has 0 amide bonds. The van der Waals surface area contributed by atoms with Crippen LogP contribution in [0.2, 0.25) is 0 Å². The van der Waals surface area contributed by atoms with Gasteiger partial charge in [-0.25, -0.2) is 18.4 Å². The first-order chi connectivity index (χ1) is 13.5. The summed E-state index contributed by atoms with van der Waals surface area (Å²) < 4.78 is 62.5. The summed E-state index contributed by atoms with van der Waals surface area (Å²) in [6.07, 6.45) is -1.73. The number of nitrogens with one attached hydrogen (secondary N) is 1. The lowest BCUT2D eigenvalue weighted by atomic mass is 10.0. The number of pyridine rings is 1. The van der Waals surface area contributed by atoms with Crippen LogP contribution in [0, 0.1) is 0 Å². The van der Waals surface area contributed by atoms with Crippen molar-refractivity contribution in [2.45, 2.75) is 12.2 Å². The Morgan fingerprint density at radius 3 is 2.38 bits per heavy atom. The number of anilines is 1. The number of fused-ring (bicyclic) bond motifs is 1. The van der Waals surface area contributed by atoms with Crippen LogP contribution >= 0.6 is 0 Å². The van der Waals surface area contributed by atoms with Gasteiger partial charge in [-0.1, -0.05) is 12.1 Å². The third kappa shape index (κ3) is 3.57. The minimum absolute atomic E-state index is 0.0581. The second-order valence-corrected chi connectivity index (χ2v) is 9.05. The van der Waals surface area contributed by atoms with Crippen molar-refractivity contribution in [2.24, 2.45) is 7.05 Å². The van der Waals surface area contributed by atoms with Crippen LogP contribution in [0.25, 0.3) is 22.0 Å². The first kappa shape index (κ1) is 19.4. The molecular weight excluding hydrogens is 409 g/mol. The molecule has 1 fully saturated rings. The molecule has 1 aromatic carbocycles. The Kier molecular flexibility index (Phi) is 4.37. The molecule has 3 heterocycles. The number of aromatic nitrogens is 3. The monoisotopic (exact) mass is 424 g/mol. The fourth-order valence-electron chi connectivity index (χ4n) is 3.21. The lowest BCUT2D eigenvalue weighted by Gasteiger charge is -2.27. The van der Waals surface area contributed by atoms with Crippen LogP contribution in [0.3, 0.4) is 0 Å². The fourth-order valence-corrected chi connectivity index (χ4v) is 4.51. The lowest BCUT2D eigenvalue weighted by molar-refractivity contribution is -0.137. The minimum Gasteiger partial charge on any atom is -0.365 e. The Morgan fingerprint density at radius 1 is 1.14 bits per heavy atom. The zero-order chi connectivity index (χ0) is 21.0. The van der Waals surface area contributed by atoms with E-state index in [4.69, 9.17) is 0 Å². The van der Waals surface area contributed by atoms with E-state index in [1.54, 1.807) is 0 Å². The number of sulfone groups is 1. The molecule has 0 unspecified atom stereocenters. The van der Waals surface area contributed by atoms with Gasteiger partial charge in [-0.15, -0.1) is 0 Å². The predicted octanol–water partition coefficient (Wildman–Crippen LogP) is 2.22. The van der Waals surface area contributed by atoms with E-state index in [-0.39, 0.29) is 34.3 Å². The molecule has 0 spiro atoms. The number of hydrogen-bond acceptors (Lipinski definition) is 6. The van der Waals surface area contributed by atoms with E-state index < -0.39 is 27.1 Å². The maximum atomic E-state index is 12.8. The van der Waals surface area contributed by atoms with Crippen LogP contribution in [-0.4, -0.2) is 40.5 Å². The summed E-state index contributed by atoms with van der Waals surface area (Å²) in [6, 6.07) is 4.13. The number of hydrogen-bond donors (Lipinski definition) is 1. The number of nitrogens with zero attached hydrogens (tertiary/aromatic N) is 3. The zero-order valence-corrected chi connectivity index (χ0v) is 15.9. The van der Waals surface area contributed by atoms with Gasteiger partial charge < -0.3 is 9.88 Å². The molecule has 3 aromatic rings. The third-order valence-electron chi connectivity index (χ3n) is 4.72. The highest BCUT2D eigenvalue weighted by atomic mass is 32.2. The van der Waals surface area contributed by atoms with Crippen molar-refractivity contribution in [3.63, 3.8) is 0 Å². The van der Waals surface area contributed by atoms with Crippen LogP contribution in [0.4, 0.5) is 19.0 Å². The van der Waals surface area contributed by atoms with E-state index in [0.29, 0.717) is 11.1 Å². The van der Waals surface area contributed by atoms with Crippen molar-refractivity contribution in [1.82, 2.24) is 14.5 Å². The second kappa shape index (κ2) is 6.55. The molecule has 0 aliphatic carbocycles. The molecule has 7 nitrogen and oxygen atoms in total. The van der Waals surface area contributed by atoms with E-state index in [0.717, 1.165) is 12.1 Å². The summed E-state index contributed by atoms with van der Waals surface area (Å²) in [5, 5.41) is 3.11. The fraction of sp³-hybridized carbons (Fsp3) is 0.278.